The SMILES string of the molecule is C.CC#CC#CC#CC#CC#CC#CC#CC#CC1=NCC[N+]1(CC)CCNC(=O)CCCCCCCCCCCCCCCCC.CCS(=O)(=O)O[O-].[HH].[HH].[HH].[HH].[HH].[HH].[HH].[HH].[HH].[HH].[HH].[HH].[HH].[HH]. The standard InChI is InChI=1S/C42H51N3O.C2H6O4S.CH4.14H2/c1-4-7-9-11-13-15-17-19-21-23-25-27-29-31-33-35-41-43-37-39-45(41,6-3)40-38-44-42(46)36-34-32-30-28-26-24-22-20-18-16-14-12-10-8-5-2;1-2-7(4,5)6-3;;;;;;;;;;;;;;;/h5-6,8,10,12,14,16,18,20,22,24,26,28,30,32,34,36-40H2,1-3H3;3H,2H2,1H3;1H4;14*1H. The number of rotatable bonds is 22. The molecule has 1 atom stereocenters. The lowest BCUT2D eigenvalue weighted by Gasteiger charge is -2.31. The zero-order chi connectivity index (χ0) is 39.1. The molecular formula is C45H89N3O5S. The molecule has 0 aromatic carbocycles. The van der Waals surface area contributed by atoms with Crippen LogP contribution in [0.3, 0.4) is 0 Å². The third-order valence-corrected chi connectivity index (χ3v) is 9.20. The van der Waals surface area contributed by atoms with Gasteiger partial charge in [-0.05, 0) is 110 Å². The maximum Gasteiger partial charge on any atom is 0.277 e. The highest BCUT2D eigenvalue weighted by atomic mass is 32.2. The Balaban J connectivity index is -0.0000000813. The Morgan fingerprint density at radius 2 is 1.15 bits per heavy atom. The summed E-state index contributed by atoms with van der Waals surface area (Å²) in [4.78, 5) is 17.0. The van der Waals surface area contributed by atoms with Crippen molar-refractivity contribution in [1.82, 2.24) is 5.32 Å². The number of hydrogen-bond donors (Lipinski definition) is 1. The first kappa shape index (κ1) is 51.6. The molecule has 0 aromatic heterocycles. The molecule has 1 unspecified atom stereocenters. The van der Waals surface area contributed by atoms with E-state index in [9.17, 15) is 13.2 Å². The number of amides is 1. The lowest BCUT2D eigenvalue weighted by molar-refractivity contribution is -0.830. The van der Waals surface area contributed by atoms with Crippen molar-refractivity contribution in [2.24, 2.45) is 4.99 Å². The Kier molecular flexibility index (Phi) is 35.1. The van der Waals surface area contributed by atoms with Gasteiger partial charge in [0.05, 0.1) is 25.4 Å². The first-order valence-corrected chi connectivity index (χ1v) is 20.5. The van der Waals surface area contributed by atoms with Crippen LogP contribution in [-0.4, -0.2) is 63.1 Å². The van der Waals surface area contributed by atoms with Crippen LogP contribution in [0, 0.1) is 94.7 Å². The Morgan fingerprint density at radius 1 is 0.722 bits per heavy atom. The van der Waals surface area contributed by atoms with Gasteiger partial charge in [-0.25, -0.2) is 13.4 Å². The Labute approximate surface area is 350 Å². The quantitative estimate of drug-likeness (QED) is 0.0387. The molecule has 0 radical (unpaired) electrons. The number of carbonyl (C=O) groups excluding carboxylic acids is 1. The summed E-state index contributed by atoms with van der Waals surface area (Å²) in [6.07, 6.45) is 20.5. The summed E-state index contributed by atoms with van der Waals surface area (Å²) in [5, 5.41) is 12.2. The van der Waals surface area contributed by atoms with Gasteiger partial charge in [-0.15, -0.1) is 0 Å². The Morgan fingerprint density at radius 3 is 1.54 bits per heavy atom. The summed E-state index contributed by atoms with van der Waals surface area (Å²) in [7, 11) is -3.71. The van der Waals surface area contributed by atoms with E-state index < -0.39 is 10.1 Å². The number of amidine groups is 1. The maximum absolute atomic E-state index is 12.4. The summed E-state index contributed by atoms with van der Waals surface area (Å²) in [5.41, 5.74) is 0. The number of carbonyl (C=O) groups is 1. The minimum Gasteiger partial charge on any atom is -0.707 e. The van der Waals surface area contributed by atoms with Crippen LogP contribution in [0.25, 0.3) is 0 Å². The highest BCUT2D eigenvalue weighted by Crippen LogP contribution is 2.15. The Hall–Kier alpha value is -4.55. The van der Waals surface area contributed by atoms with Gasteiger partial charge in [0.15, 0.2) is 0 Å². The average Bonchev–Trinajstić information content (AvgIpc) is 3.57. The van der Waals surface area contributed by atoms with Crippen molar-refractivity contribution in [3.8, 4) is 94.7 Å². The predicted molar refractivity (Wildman–Crippen MR) is 250 cm³/mol. The zero-order valence-electron chi connectivity index (χ0n) is 32.4. The van der Waals surface area contributed by atoms with Crippen LogP contribution in [0.4, 0.5) is 0 Å². The second-order valence-corrected chi connectivity index (χ2v) is 14.0. The van der Waals surface area contributed by atoms with Crippen LogP contribution in [0.1, 0.15) is 158 Å². The normalized spacial score (nSPS) is 13.0. The van der Waals surface area contributed by atoms with E-state index >= 15 is 0 Å². The van der Waals surface area contributed by atoms with E-state index in [2.05, 4.69) is 123 Å². The minimum absolute atomic E-state index is 0. The number of likely N-dealkylation sites (N-methyl/N-ethyl adjacent to an activating group) is 1. The Bertz CT molecular complexity index is 1780. The molecule has 320 valence electrons. The van der Waals surface area contributed by atoms with Gasteiger partial charge in [0.25, 0.3) is 16.0 Å². The van der Waals surface area contributed by atoms with E-state index in [0.29, 0.717) is 17.4 Å². The summed E-state index contributed by atoms with van der Waals surface area (Å²) in [5.74, 6) is 43.2. The molecule has 0 bridgehead atoms. The van der Waals surface area contributed by atoms with E-state index in [1.54, 1.807) is 6.92 Å². The second kappa shape index (κ2) is 36.8. The number of nitrogens with one attached hydrogen (secondary N) is 1. The van der Waals surface area contributed by atoms with E-state index in [1.165, 1.54) is 90.4 Å². The van der Waals surface area contributed by atoms with Gasteiger partial charge in [-0.2, -0.15) is 0 Å². The minimum atomic E-state index is -3.71. The van der Waals surface area contributed by atoms with E-state index in [0.717, 1.165) is 44.9 Å². The maximum atomic E-state index is 12.4. The third kappa shape index (κ3) is 30.0. The number of nitrogens with zero attached hydrogens (tertiary/aromatic N) is 2. The van der Waals surface area contributed by atoms with Crippen LogP contribution in [0.2, 0.25) is 0 Å². The van der Waals surface area contributed by atoms with Crippen molar-refractivity contribution in [2.45, 2.75) is 138 Å². The highest BCUT2D eigenvalue weighted by molar-refractivity contribution is 7.86. The molecule has 0 saturated carbocycles. The van der Waals surface area contributed by atoms with E-state index in [4.69, 9.17) is 5.26 Å². The van der Waals surface area contributed by atoms with Crippen LogP contribution in [0.15, 0.2) is 4.99 Å². The predicted octanol–water partition coefficient (Wildman–Crippen LogP) is 9.37. The largest absolute Gasteiger partial charge is 0.707 e. The average molecular weight is 784 g/mol. The first-order chi connectivity index (χ1) is 25.8. The molecule has 1 rings (SSSR count). The molecule has 0 aliphatic carbocycles. The van der Waals surface area contributed by atoms with Gasteiger partial charge >= 0.3 is 0 Å². The van der Waals surface area contributed by atoms with Crippen LogP contribution in [0.5, 0.6) is 0 Å². The fourth-order valence-electron chi connectivity index (χ4n) is 5.17. The fourth-order valence-corrected chi connectivity index (χ4v) is 5.27. The zero-order valence-corrected chi connectivity index (χ0v) is 33.2. The van der Waals surface area contributed by atoms with Crippen LogP contribution < -0.4 is 10.6 Å². The number of hydrogen-bond acceptors (Lipinski definition) is 6. The van der Waals surface area contributed by atoms with Crippen molar-refractivity contribution in [3.05, 3.63) is 0 Å². The lowest BCUT2D eigenvalue weighted by Crippen LogP contribution is -2.53. The van der Waals surface area contributed by atoms with Crippen LogP contribution >= 0.6 is 0 Å². The molecule has 9 heteroatoms. The molecule has 0 aromatic rings. The van der Waals surface area contributed by atoms with Crippen LogP contribution in [-0.2, 0) is 19.2 Å². The molecule has 1 heterocycles. The molecule has 8 nitrogen and oxygen atoms in total. The molecule has 0 spiro atoms. The van der Waals surface area contributed by atoms with Crippen molar-refractivity contribution < 1.29 is 47.3 Å². The number of quaternary nitrogens is 1. The monoisotopic (exact) mass is 784 g/mol. The van der Waals surface area contributed by atoms with Gasteiger partial charge in [0.1, 0.15) is 13.1 Å². The summed E-state index contributed by atoms with van der Waals surface area (Å²) < 4.78 is 23.1. The van der Waals surface area contributed by atoms with Gasteiger partial charge in [0.2, 0.25) is 5.91 Å². The molecule has 0 fully saturated rings. The van der Waals surface area contributed by atoms with Crippen molar-refractivity contribution in [3.63, 3.8) is 0 Å². The van der Waals surface area contributed by atoms with E-state index in [1.807, 2.05) is 0 Å². The molecule has 54 heavy (non-hydrogen) atoms. The van der Waals surface area contributed by atoms with Crippen molar-refractivity contribution >= 4 is 21.9 Å². The molecular weight excluding hydrogens is 695 g/mol. The molecule has 1 aliphatic rings. The number of aliphatic imine (C=N–C) groups is 1. The number of unbranched alkanes of at least 4 members (excludes halogenated alkanes) is 14. The smallest absolute Gasteiger partial charge is 0.277 e. The van der Waals surface area contributed by atoms with Gasteiger partial charge in [0, 0.05) is 32.3 Å². The summed E-state index contributed by atoms with van der Waals surface area (Å²) in [6.45, 7) is 11.4. The summed E-state index contributed by atoms with van der Waals surface area (Å²) in [6, 6.07) is 0. The molecule has 1 aliphatic heterocycles. The van der Waals surface area contributed by atoms with Crippen molar-refractivity contribution in [1.29, 1.82) is 0 Å². The molecule has 1 amide bonds. The van der Waals surface area contributed by atoms with Gasteiger partial charge in [-0.1, -0.05) is 110 Å². The van der Waals surface area contributed by atoms with E-state index in [-0.39, 0.29) is 39.1 Å². The molecule has 0 saturated heterocycles. The van der Waals surface area contributed by atoms with Crippen molar-refractivity contribution in [2.75, 3.05) is 38.5 Å². The lowest BCUT2D eigenvalue weighted by atomic mass is 10.0. The first-order valence-electron chi connectivity index (χ1n) is 19.0. The topological polar surface area (TPSA) is 108 Å². The third-order valence-electron chi connectivity index (χ3n) is 8.28. The summed E-state index contributed by atoms with van der Waals surface area (Å²) >= 11 is 0. The fraction of sp³-hybridized carbons (Fsp3) is 0.600. The highest BCUT2D eigenvalue weighted by Gasteiger charge is 2.35. The second-order valence-electron chi connectivity index (χ2n) is 12.2. The van der Waals surface area contributed by atoms with Gasteiger partial charge in [-0.3, -0.25) is 9.28 Å². The molecule has 1 N–H and O–H groups in total. The van der Waals surface area contributed by atoms with Gasteiger partial charge < -0.3 is 14.9 Å².